The first-order valence-corrected chi connectivity index (χ1v) is 13.3. The van der Waals surface area contributed by atoms with Crippen molar-refractivity contribution in [3.05, 3.63) is 23.8 Å². The van der Waals surface area contributed by atoms with Gasteiger partial charge in [0.15, 0.2) is 6.10 Å². The van der Waals surface area contributed by atoms with E-state index in [0.717, 1.165) is 11.0 Å². The first-order chi connectivity index (χ1) is 16.7. The molecule has 7 nitrogen and oxygen atoms in total. The van der Waals surface area contributed by atoms with Gasteiger partial charge in [-0.05, 0) is 37.5 Å². The Morgan fingerprint density at radius 1 is 1.03 bits per heavy atom. The lowest BCUT2D eigenvalue weighted by atomic mass is 9.96. The predicted octanol–water partition coefficient (Wildman–Crippen LogP) is 5.85. The molecule has 1 atom stereocenters. The minimum atomic E-state index is -9.98. The molecule has 0 spiro atoms. The highest BCUT2D eigenvalue weighted by molar-refractivity contribution is 8.45. The summed E-state index contributed by atoms with van der Waals surface area (Å²) in [6.07, 6.45) is -7.89. The summed E-state index contributed by atoms with van der Waals surface area (Å²) in [5, 5.41) is 9.17. The number of hydrogen-bond donors (Lipinski definition) is 1. The normalized spacial score (nSPS) is 21.2. The van der Waals surface area contributed by atoms with E-state index in [1.165, 1.54) is 4.90 Å². The van der Waals surface area contributed by atoms with Gasteiger partial charge in [-0.1, -0.05) is 25.5 Å². The van der Waals surface area contributed by atoms with Crippen LogP contribution in [0.1, 0.15) is 25.3 Å². The molecule has 0 saturated carbocycles. The van der Waals surface area contributed by atoms with Gasteiger partial charge in [0.2, 0.25) is 0 Å². The number of carboxylic acid groups (broad SMARTS) is 1. The Morgan fingerprint density at radius 2 is 1.59 bits per heavy atom. The first kappa shape index (κ1) is 29.1. The highest BCUT2D eigenvalue weighted by Crippen LogP contribution is 3.02. The quantitative estimate of drug-likeness (QED) is 0.434. The van der Waals surface area contributed by atoms with E-state index in [9.17, 15) is 47.3 Å². The third-order valence-corrected chi connectivity index (χ3v) is 7.59. The van der Waals surface area contributed by atoms with E-state index in [-0.39, 0.29) is 64.3 Å². The van der Waals surface area contributed by atoms with Crippen molar-refractivity contribution in [3.8, 4) is 0 Å². The highest BCUT2D eigenvalue weighted by atomic mass is 32.5. The smallest absolute Gasteiger partial charge is 0.425 e. The van der Waals surface area contributed by atoms with Gasteiger partial charge < -0.3 is 19.6 Å². The Kier molecular flexibility index (Phi) is 7.36. The Hall–Kier alpha value is -2.49. The monoisotopic (exact) mass is 569 g/mol. The van der Waals surface area contributed by atoms with Crippen LogP contribution in [0.3, 0.4) is 0 Å². The minimum Gasteiger partial charge on any atom is -0.481 e. The van der Waals surface area contributed by atoms with Crippen LogP contribution in [-0.2, 0) is 16.1 Å². The molecule has 3 rings (SSSR count). The van der Waals surface area contributed by atoms with Crippen LogP contribution in [0.4, 0.5) is 43.1 Å². The average Bonchev–Trinajstić information content (AvgIpc) is 2.77. The van der Waals surface area contributed by atoms with E-state index in [1.54, 1.807) is 4.90 Å². The maximum absolute atomic E-state index is 13.5. The van der Waals surface area contributed by atoms with Gasteiger partial charge in [0.1, 0.15) is 4.90 Å². The van der Waals surface area contributed by atoms with Crippen LogP contribution >= 0.6 is 10.2 Å². The summed E-state index contributed by atoms with van der Waals surface area (Å²) in [5.41, 5.74) is 0.205. The molecule has 37 heavy (non-hydrogen) atoms. The van der Waals surface area contributed by atoms with Crippen LogP contribution < -0.4 is 4.90 Å². The second-order valence-corrected chi connectivity index (χ2v) is 11.6. The number of alkyl halides is 3. The molecule has 0 bridgehead atoms. The largest absolute Gasteiger partial charge is 0.481 e. The van der Waals surface area contributed by atoms with Gasteiger partial charge in [-0.3, -0.25) is 9.69 Å². The molecule has 1 aromatic carbocycles. The number of rotatable bonds is 6. The maximum atomic E-state index is 13.5. The number of nitrogens with zero attached hydrogens (tertiary/aromatic N) is 3. The van der Waals surface area contributed by atoms with Crippen LogP contribution in [0.25, 0.3) is 0 Å². The zero-order valence-corrected chi connectivity index (χ0v) is 20.5. The van der Waals surface area contributed by atoms with E-state index in [1.807, 2.05) is 0 Å². The molecule has 2 aliphatic rings. The number of ether oxygens (including phenoxy) is 1. The average molecular weight is 570 g/mol. The number of halogens is 8. The summed E-state index contributed by atoms with van der Waals surface area (Å²) >= 11 is 0. The van der Waals surface area contributed by atoms with Crippen LogP contribution in [0.2, 0.25) is 0 Å². The number of anilines is 1. The Morgan fingerprint density at radius 3 is 2.08 bits per heavy atom. The number of piperazine rings is 1. The SMILES string of the molecule is CC(OC(=O)N1CCN(Cc2ccc(S(F)(F)(F)(F)F)cc2N2CCC(C(=O)O)CC2)CC1)C(F)(F)F. The van der Waals surface area contributed by atoms with Gasteiger partial charge in [0, 0.05) is 51.5 Å². The van der Waals surface area contributed by atoms with Crippen molar-refractivity contribution in [1.82, 2.24) is 9.80 Å². The van der Waals surface area contributed by atoms with Crippen molar-refractivity contribution < 1.29 is 52.0 Å². The third kappa shape index (κ3) is 7.52. The standard InChI is InChI=1S/C21H27F8N3O4S/c1-14(21(22,23)24)36-20(35)32-10-8-30(9-11-32)13-16-2-3-17(37(25,26,27,28)29)12-18(16)31-6-4-15(5-7-31)19(33)34/h2-3,12,14-15H,4-11,13H2,1H3,(H,33,34). The molecule has 0 radical (unpaired) electrons. The number of piperidine rings is 1. The fourth-order valence-electron chi connectivity index (χ4n) is 4.20. The number of aliphatic carboxylic acids is 1. The molecule has 1 unspecified atom stereocenters. The Bertz CT molecular complexity index is 1020. The number of amides is 1. The van der Waals surface area contributed by atoms with Gasteiger partial charge in [0.05, 0.1) is 5.92 Å². The molecule has 1 aromatic rings. The number of carboxylic acids is 1. The summed E-state index contributed by atoms with van der Waals surface area (Å²) < 4.78 is 110. The predicted molar refractivity (Wildman–Crippen MR) is 119 cm³/mol. The van der Waals surface area contributed by atoms with Crippen molar-refractivity contribution in [2.75, 3.05) is 44.2 Å². The second-order valence-electron chi connectivity index (χ2n) is 9.19. The molecule has 0 aromatic heterocycles. The van der Waals surface area contributed by atoms with Gasteiger partial charge in [-0.25, -0.2) is 4.79 Å². The summed E-state index contributed by atoms with van der Waals surface area (Å²) in [6.45, 7) is 1.13. The number of hydrogen-bond acceptors (Lipinski definition) is 5. The lowest BCUT2D eigenvalue weighted by Gasteiger charge is -2.42. The Balaban J connectivity index is 1.74. The van der Waals surface area contributed by atoms with Gasteiger partial charge in [-0.15, -0.1) is 0 Å². The summed E-state index contributed by atoms with van der Waals surface area (Å²) in [4.78, 5) is 25.4. The van der Waals surface area contributed by atoms with Gasteiger partial charge in [0.25, 0.3) is 0 Å². The summed E-state index contributed by atoms with van der Waals surface area (Å²) in [7, 11) is -9.98. The van der Waals surface area contributed by atoms with Crippen LogP contribution in [0, 0.1) is 5.92 Å². The summed E-state index contributed by atoms with van der Waals surface area (Å²) in [5.74, 6) is -1.73. The molecule has 1 amide bonds. The molecule has 2 aliphatic heterocycles. The molecule has 2 saturated heterocycles. The van der Waals surface area contributed by atoms with Crippen molar-refractivity contribution in [3.63, 3.8) is 0 Å². The number of benzene rings is 1. The molecule has 16 heteroatoms. The van der Waals surface area contributed by atoms with E-state index < -0.39 is 45.4 Å². The van der Waals surface area contributed by atoms with Crippen molar-refractivity contribution in [2.24, 2.45) is 5.92 Å². The van der Waals surface area contributed by atoms with Crippen molar-refractivity contribution >= 4 is 28.0 Å². The fourth-order valence-corrected chi connectivity index (χ4v) is 4.86. The molecule has 1 N–H and O–H groups in total. The molecular formula is C21H27F8N3O4S. The second kappa shape index (κ2) is 9.36. The topological polar surface area (TPSA) is 73.3 Å². The first-order valence-electron chi connectivity index (χ1n) is 11.3. The molecular weight excluding hydrogens is 542 g/mol. The lowest BCUT2D eigenvalue weighted by Crippen LogP contribution is -2.49. The van der Waals surface area contributed by atoms with Gasteiger partial charge >= 0.3 is 28.5 Å². The summed E-state index contributed by atoms with van der Waals surface area (Å²) in [6, 6.07) is 1.66. The van der Waals surface area contributed by atoms with E-state index in [0.29, 0.717) is 24.6 Å². The zero-order valence-electron chi connectivity index (χ0n) is 19.7. The van der Waals surface area contributed by atoms with Crippen LogP contribution in [0.15, 0.2) is 23.1 Å². The zero-order chi connectivity index (χ0) is 27.9. The van der Waals surface area contributed by atoms with Crippen molar-refractivity contribution in [1.29, 1.82) is 0 Å². The van der Waals surface area contributed by atoms with Crippen LogP contribution in [0.5, 0.6) is 0 Å². The van der Waals surface area contributed by atoms with E-state index in [4.69, 9.17) is 0 Å². The lowest BCUT2D eigenvalue weighted by molar-refractivity contribution is -0.200. The molecule has 2 heterocycles. The Labute approximate surface area is 207 Å². The van der Waals surface area contributed by atoms with Crippen LogP contribution in [-0.4, -0.2) is 78.5 Å². The van der Waals surface area contributed by atoms with E-state index in [2.05, 4.69) is 4.74 Å². The third-order valence-electron chi connectivity index (χ3n) is 6.45. The number of carbonyl (C=O) groups is 2. The fraction of sp³-hybridized carbons (Fsp3) is 0.619. The number of carbonyl (C=O) groups excluding carboxylic acids is 1. The van der Waals surface area contributed by atoms with Crippen molar-refractivity contribution in [2.45, 2.75) is 43.5 Å². The van der Waals surface area contributed by atoms with E-state index >= 15 is 0 Å². The van der Waals surface area contributed by atoms with Gasteiger partial charge in [-0.2, -0.15) is 13.2 Å². The highest BCUT2D eigenvalue weighted by Gasteiger charge is 2.65. The molecule has 2 fully saturated rings. The molecule has 212 valence electrons. The molecule has 0 aliphatic carbocycles. The maximum Gasteiger partial charge on any atom is 0.425 e. The minimum absolute atomic E-state index is 0.00764.